The van der Waals surface area contributed by atoms with Crippen LogP contribution in [0.2, 0.25) is 0 Å². The van der Waals surface area contributed by atoms with E-state index in [1.165, 1.54) is 12.8 Å². The van der Waals surface area contributed by atoms with Crippen LogP contribution in [-0.4, -0.2) is 108 Å². The van der Waals surface area contributed by atoms with E-state index in [1.54, 1.807) is 46.1 Å². The largest absolute Gasteiger partial charge is 0.526 e. The number of rotatable bonds is 4. The van der Waals surface area contributed by atoms with E-state index in [0.29, 0.717) is 42.0 Å². The third-order valence-electron chi connectivity index (χ3n) is 10.8. The maximum absolute atomic E-state index is 8.79. The topological polar surface area (TPSA) is 152 Å². The smallest absolute Gasteiger partial charge is 0.465 e. The minimum absolute atomic E-state index is 0. The lowest BCUT2D eigenvalue weighted by molar-refractivity contribution is 0.0892. The summed E-state index contributed by atoms with van der Waals surface area (Å²) in [6, 6.07) is 20.8. The number of benzene rings is 2. The molecule has 0 amide bonds. The number of nitrogens with one attached hydrogen (secondary N) is 1. The van der Waals surface area contributed by atoms with Crippen LogP contribution in [0.5, 0.6) is 0 Å². The Morgan fingerprint density at radius 1 is 0.672 bits per heavy atom. The molecule has 21 heteroatoms. The quantitative estimate of drug-likeness (QED) is 0.145. The fourth-order valence-corrected chi connectivity index (χ4v) is 11.8. The molecular formula is C40H41BBr3ClN6O7S3. The molecule has 3 N–H and O–H groups in total. The monoisotopic (exact) mass is 1100 g/mol. The van der Waals surface area contributed by atoms with Gasteiger partial charge in [-0.2, -0.15) is 0 Å². The van der Waals surface area contributed by atoms with Crippen molar-refractivity contribution in [1.29, 1.82) is 0 Å². The number of thiazole rings is 3. The van der Waals surface area contributed by atoms with Gasteiger partial charge in [-0.25, -0.2) is 15.0 Å². The molecule has 7 aromatic rings. The van der Waals surface area contributed by atoms with Crippen LogP contribution in [0.3, 0.4) is 0 Å². The van der Waals surface area contributed by atoms with Crippen LogP contribution < -0.4 is 20.8 Å². The molecule has 322 valence electrons. The number of ether oxygens (including phenoxy) is 3. The minimum Gasteiger partial charge on any atom is -0.465 e. The number of halogens is 4. The molecule has 6 bridgehead atoms. The van der Waals surface area contributed by atoms with Gasteiger partial charge in [0.1, 0.15) is 31.7 Å². The average molecular weight is 1100 g/mol. The minimum atomic E-state index is -1.53. The van der Waals surface area contributed by atoms with Gasteiger partial charge in [0.25, 0.3) is 0 Å². The van der Waals surface area contributed by atoms with Gasteiger partial charge in [0.2, 0.25) is 0 Å². The molecular weight excluding hydrogens is 1060 g/mol. The van der Waals surface area contributed by atoms with Crippen LogP contribution in [0.4, 0.5) is 10.3 Å². The molecule has 0 radical (unpaired) electrons. The van der Waals surface area contributed by atoms with Crippen LogP contribution in [0, 0.1) is 0 Å². The second kappa shape index (κ2) is 20.6. The maximum atomic E-state index is 8.79. The Morgan fingerprint density at radius 3 is 1.69 bits per heavy atom. The van der Waals surface area contributed by atoms with Gasteiger partial charge in [-0.05, 0) is 91.3 Å². The van der Waals surface area contributed by atoms with E-state index in [9.17, 15) is 0 Å². The molecule has 0 aliphatic carbocycles. The van der Waals surface area contributed by atoms with Crippen LogP contribution in [-0.2, 0) is 14.2 Å². The number of morpholine rings is 3. The predicted molar refractivity (Wildman–Crippen MR) is 255 cm³/mol. The SMILES string of the molecule is Brc1csc(Br)n1.Brc1csc(N2CC3CC2CO3)n1.C1OC2CNC1C2.Cl.OB(O)c1cc2ccccc2o1.c1ccc2oc(-c3csc(N4CC5CC4CO5)n3)cc2c1. The van der Waals surface area contributed by atoms with Crippen molar-refractivity contribution < 1.29 is 33.1 Å². The first-order valence-electron chi connectivity index (χ1n) is 19.5. The molecule has 13 nitrogen and oxygen atoms in total. The van der Waals surface area contributed by atoms with Crippen molar-refractivity contribution in [2.24, 2.45) is 0 Å². The second-order valence-electron chi connectivity index (χ2n) is 14.9. The van der Waals surface area contributed by atoms with E-state index in [2.05, 4.69) is 90.4 Å². The summed E-state index contributed by atoms with van der Waals surface area (Å²) in [6.07, 6.45) is 4.97. The van der Waals surface area contributed by atoms with E-state index < -0.39 is 7.12 Å². The highest BCUT2D eigenvalue weighted by Gasteiger charge is 2.41. The molecule has 6 aliphatic rings. The number of nitrogens with zero attached hydrogens (tertiary/aromatic N) is 5. The van der Waals surface area contributed by atoms with Crippen molar-refractivity contribution in [2.75, 3.05) is 49.3 Å². The lowest BCUT2D eigenvalue weighted by Crippen LogP contribution is -2.36. The third kappa shape index (κ3) is 11.1. The molecule has 6 fully saturated rings. The Bertz CT molecular complexity index is 2410. The Labute approximate surface area is 395 Å². The zero-order valence-corrected chi connectivity index (χ0v) is 40.4. The number of hydrogen-bond acceptors (Lipinski definition) is 16. The zero-order chi connectivity index (χ0) is 41.2. The maximum Gasteiger partial charge on any atom is 0.526 e. The number of fused-ring (bicyclic) bond motifs is 8. The number of para-hydroxylation sites is 2. The Balaban J connectivity index is 0.000000112. The molecule has 6 aliphatic heterocycles. The lowest BCUT2D eigenvalue weighted by atomic mass is 9.88. The Kier molecular flexibility index (Phi) is 15.2. The van der Waals surface area contributed by atoms with Crippen LogP contribution in [0.1, 0.15) is 19.3 Å². The van der Waals surface area contributed by atoms with Gasteiger partial charge in [-0.15, -0.1) is 46.4 Å². The normalized spacial score (nSPS) is 23.8. The molecule has 0 spiro atoms. The van der Waals surface area contributed by atoms with Gasteiger partial charge in [-0.1, -0.05) is 36.4 Å². The van der Waals surface area contributed by atoms with E-state index in [1.807, 2.05) is 47.2 Å². The van der Waals surface area contributed by atoms with E-state index in [4.69, 9.17) is 38.1 Å². The predicted octanol–water partition coefficient (Wildman–Crippen LogP) is 8.37. The molecule has 6 atom stereocenters. The first-order valence-corrected chi connectivity index (χ1v) is 24.5. The van der Waals surface area contributed by atoms with Crippen LogP contribution in [0.15, 0.2) is 98.8 Å². The van der Waals surface area contributed by atoms with E-state index >= 15 is 0 Å². The summed E-state index contributed by atoms with van der Waals surface area (Å²) in [5.74, 6) is 0.847. The highest BCUT2D eigenvalue weighted by Crippen LogP contribution is 2.38. The zero-order valence-electron chi connectivity index (χ0n) is 32.3. The third-order valence-corrected chi connectivity index (χ3v) is 15.3. The van der Waals surface area contributed by atoms with Crippen LogP contribution in [0.25, 0.3) is 33.4 Å². The number of furan rings is 2. The summed E-state index contributed by atoms with van der Waals surface area (Å²) in [4.78, 5) is 17.9. The fourth-order valence-electron chi connectivity index (χ4n) is 7.91. The molecule has 0 saturated carbocycles. The summed E-state index contributed by atoms with van der Waals surface area (Å²) in [6.45, 7) is 5.74. The average Bonchev–Trinajstić information content (AvgIpc) is 4.10. The first-order chi connectivity index (χ1) is 29.2. The summed E-state index contributed by atoms with van der Waals surface area (Å²) in [5, 5.41) is 31.1. The van der Waals surface area contributed by atoms with Crippen molar-refractivity contribution in [3.8, 4) is 11.5 Å². The molecule has 61 heavy (non-hydrogen) atoms. The molecule has 6 unspecified atom stereocenters. The van der Waals surface area contributed by atoms with E-state index in [0.717, 1.165) is 97.1 Å². The molecule has 6 saturated heterocycles. The molecule has 2 aromatic carbocycles. The summed E-state index contributed by atoms with van der Waals surface area (Å²) >= 11 is 14.7. The standard InChI is InChI=1S/C16H14N2O2S.C8H7BO3.C8H9BrN2OS.C5H9NO.C3HBr2NS.ClH/c1-2-4-14-10(3-1)5-15(20-14)13-9-21-16(17-13)18-7-12-6-11(18)8-19-12;10-9(11)8-5-6-3-1-2-4-7(6)12-8;9-7-4-13-8(10-7)11-2-6-1-5(11)3-12-6;1-4-3-7-5(1)2-6-4;4-2-1-7-3(5)6-2;/h1-5,9,11-12H,6-8H2;1-5,10-11H;4-6H,1-3H2;4-6H,1-3H2;1H;1H. The van der Waals surface area contributed by atoms with Crippen molar-refractivity contribution >= 4 is 139 Å². The highest BCUT2D eigenvalue weighted by atomic mass is 79.9. The summed E-state index contributed by atoms with van der Waals surface area (Å²) < 4.78 is 30.2. The molecule has 11 heterocycles. The second-order valence-corrected chi connectivity index (χ2v) is 20.3. The van der Waals surface area contributed by atoms with Gasteiger partial charge in [0, 0.05) is 52.6 Å². The van der Waals surface area contributed by atoms with Crippen molar-refractivity contribution in [3.63, 3.8) is 0 Å². The number of anilines is 2. The Morgan fingerprint density at radius 2 is 1.26 bits per heavy atom. The van der Waals surface area contributed by atoms with Gasteiger partial charge in [-0.3, -0.25) is 0 Å². The van der Waals surface area contributed by atoms with Gasteiger partial charge in [0.05, 0.1) is 50.2 Å². The van der Waals surface area contributed by atoms with E-state index in [-0.39, 0.29) is 18.1 Å². The lowest BCUT2D eigenvalue weighted by Gasteiger charge is -2.25. The van der Waals surface area contributed by atoms with Gasteiger partial charge in [0.15, 0.2) is 19.9 Å². The molecule has 13 rings (SSSR count). The van der Waals surface area contributed by atoms with Gasteiger partial charge >= 0.3 is 7.12 Å². The first kappa shape index (κ1) is 45.1. The fraction of sp³-hybridized carbons (Fsp3) is 0.375. The van der Waals surface area contributed by atoms with Crippen LogP contribution >= 0.6 is 94.2 Å². The van der Waals surface area contributed by atoms with Gasteiger partial charge < -0.3 is 48.2 Å². The van der Waals surface area contributed by atoms with Crippen molar-refractivity contribution in [3.05, 3.63) is 89.9 Å². The summed E-state index contributed by atoms with van der Waals surface area (Å²) in [7, 11) is -1.53. The highest BCUT2D eigenvalue weighted by molar-refractivity contribution is 9.11. The molecule has 5 aromatic heterocycles. The van der Waals surface area contributed by atoms with Crippen molar-refractivity contribution in [2.45, 2.75) is 55.7 Å². The Hall–Kier alpha value is -2.44. The van der Waals surface area contributed by atoms with Crippen molar-refractivity contribution in [1.82, 2.24) is 20.3 Å². The number of hydrogen-bond donors (Lipinski definition) is 3. The number of aromatic nitrogens is 3. The summed E-state index contributed by atoms with van der Waals surface area (Å²) in [5.41, 5.74) is 2.68.